The topological polar surface area (TPSA) is 144 Å². The molecule has 1 aromatic rings. The average molecular weight is 487 g/mol. The molecule has 1 heterocycles. The van der Waals surface area contributed by atoms with Gasteiger partial charge in [-0.15, -0.1) is 0 Å². The highest BCUT2D eigenvalue weighted by atomic mass is 32.2. The zero-order valence-electron chi connectivity index (χ0n) is 20.0. The van der Waals surface area contributed by atoms with Crippen molar-refractivity contribution in [1.82, 2.24) is 20.0 Å². The van der Waals surface area contributed by atoms with Crippen LogP contribution in [0.25, 0.3) is 0 Å². The van der Waals surface area contributed by atoms with Crippen LogP contribution in [0.2, 0.25) is 0 Å². The molecule has 1 aliphatic carbocycles. The number of aliphatic hydroxyl groups excluding tert-OH is 2. The van der Waals surface area contributed by atoms with E-state index in [1.807, 2.05) is 13.8 Å². The molecule has 9 nitrogen and oxygen atoms in total. The molecule has 33 heavy (non-hydrogen) atoms. The molecule has 10 heteroatoms. The van der Waals surface area contributed by atoms with Crippen LogP contribution in [0, 0.1) is 5.92 Å². The molecule has 1 aliphatic rings. The molecule has 4 atom stereocenters. The van der Waals surface area contributed by atoms with Crippen molar-refractivity contribution < 1.29 is 23.4 Å². The molecule has 0 radical (unpaired) electrons. The van der Waals surface area contributed by atoms with E-state index in [9.17, 15) is 23.4 Å². The normalized spacial score (nSPS) is 19.0. The number of carbonyl (C=O) groups is 1. The van der Waals surface area contributed by atoms with E-state index in [0.717, 1.165) is 44.2 Å². The molecule has 0 saturated heterocycles. The smallest absolute Gasteiger partial charge is 0.220 e. The molecule has 190 valence electrons. The van der Waals surface area contributed by atoms with E-state index in [0.29, 0.717) is 25.3 Å². The van der Waals surface area contributed by atoms with Crippen LogP contribution in [0.15, 0.2) is 12.5 Å². The number of rotatable bonds is 15. The first kappa shape index (κ1) is 27.8. The highest BCUT2D eigenvalue weighted by Crippen LogP contribution is 2.29. The molecular formula is C23H42N4O5S. The van der Waals surface area contributed by atoms with Crippen molar-refractivity contribution in [1.29, 1.82) is 0 Å². The molecule has 5 N–H and O–H groups in total. The number of aliphatic hydroxyl groups is 2. The Morgan fingerprint density at radius 2 is 1.97 bits per heavy atom. The van der Waals surface area contributed by atoms with Gasteiger partial charge in [-0.25, -0.2) is 18.1 Å². The van der Waals surface area contributed by atoms with Crippen LogP contribution in [0.3, 0.4) is 0 Å². The number of unbranched alkanes of at least 4 members (excludes halogenated alkanes) is 1. The summed E-state index contributed by atoms with van der Waals surface area (Å²) in [5, 5.41) is 24.4. The lowest BCUT2D eigenvalue weighted by Crippen LogP contribution is -2.52. The summed E-state index contributed by atoms with van der Waals surface area (Å²) in [4.78, 5) is 19.9. The van der Waals surface area contributed by atoms with E-state index in [1.54, 1.807) is 12.5 Å². The molecule has 0 aromatic carbocycles. The van der Waals surface area contributed by atoms with Gasteiger partial charge in [-0.1, -0.05) is 52.4 Å². The predicted molar refractivity (Wildman–Crippen MR) is 128 cm³/mol. The Morgan fingerprint density at radius 3 is 2.58 bits per heavy atom. The number of hydrogen-bond donors (Lipinski definition) is 5. The number of aromatic amines is 1. The number of imidazole rings is 1. The van der Waals surface area contributed by atoms with E-state index in [-0.39, 0.29) is 18.2 Å². The number of nitrogens with zero attached hydrogens (tertiary/aromatic N) is 1. The first-order valence-corrected chi connectivity index (χ1v) is 14.0. The highest BCUT2D eigenvalue weighted by Gasteiger charge is 2.33. The second-order valence-electron chi connectivity index (χ2n) is 9.32. The quantitative estimate of drug-likeness (QED) is 0.240. The van der Waals surface area contributed by atoms with Gasteiger partial charge in [0.15, 0.2) is 0 Å². The standard InChI is InChI=1S/C23H42N4O5S/c1-3-5-11-26-33(31,32)15-21(28)23(30)19(12-17-9-7-6-8-10-17)27-22(29)13-18(4-2)20-14-24-16-25-20/h14,16-19,21,23,26,28,30H,3-13,15H2,1-2H3,(H,24,25)(H,27,29). The number of amides is 1. The molecular weight excluding hydrogens is 444 g/mol. The van der Waals surface area contributed by atoms with Crippen LogP contribution in [-0.2, 0) is 14.8 Å². The minimum Gasteiger partial charge on any atom is -0.389 e. The Balaban J connectivity index is 2.04. The number of sulfonamides is 1. The fourth-order valence-electron chi connectivity index (χ4n) is 4.57. The van der Waals surface area contributed by atoms with E-state index in [2.05, 4.69) is 20.0 Å². The zero-order valence-corrected chi connectivity index (χ0v) is 20.8. The lowest BCUT2D eigenvalue weighted by molar-refractivity contribution is -0.124. The maximum absolute atomic E-state index is 12.9. The van der Waals surface area contributed by atoms with Gasteiger partial charge in [0.2, 0.25) is 15.9 Å². The number of carbonyl (C=O) groups excluding carboxylic acids is 1. The van der Waals surface area contributed by atoms with Crippen molar-refractivity contribution in [3.05, 3.63) is 18.2 Å². The van der Waals surface area contributed by atoms with Gasteiger partial charge in [-0.05, 0) is 25.2 Å². The Hall–Kier alpha value is -1.49. The van der Waals surface area contributed by atoms with Crippen LogP contribution >= 0.6 is 0 Å². The van der Waals surface area contributed by atoms with Crippen molar-refractivity contribution in [2.75, 3.05) is 12.3 Å². The predicted octanol–water partition coefficient (Wildman–Crippen LogP) is 2.19. The van der Waals surface area contributed by atoms with Crippen molar-refractivity contribution >= 4 is 15.9 Å². The molecule has 2 rings (SSSR count). The molecule has 0 aliphatic heterocycles. The first-order chi connectivity index (χ1) is 15.8. The van der Waals surface area contributed by atoms with E-state index in [1.165, 1.54) is 6.42 Å². The second kappa shape index (κ2) is 14.0. The van der Waals surface area contributed by atoms with Gasteiger partial charge < -0.3 is 20.5 Å². The highest BCUT2D eigenvalue weighted by molar-refractivity contribution is 7.89. The van der Waals surface area contributed by atoms with Crippen LogP contribution in [-0.4, -0.2) is 65.1 Å². The van der Waals surface area contributed by atoms with Gasteiger partial charge >= 0.3 is 0 Å². The van der Waals surface area contributed by atoms with E-state index >= 15 is 0 Å². The van der Waals surface area contributed by atoms with Crippen LogP contribution in [0.5, 0.6) is 0 Å². The zero-order chi connectivity index (χ0) is 24.3. The third kappa shape index (κ3) is 9.72. The number of hydrogen-bond acceptors (Lipinski definition) is 6. The summed E-state index contributed by atoms with van der Waals surface area (Å²) in [5.74, 6) is -0.527. The third-order valence-corrected chi connectivity index (χ3v) is 8.02. The van der Waals surface area contributed by atoms with Gasteiger partial charge in [0.1, 0.15) is 6.10 Å². The lowest BCUT2D eigenvalue weighted by Gasteiger charge is -2.32. The number of nitrogens with one attached hydrogen (secondary N) is 3. The number of aromatic nitrogens is 2. The maximum atomic E-state index is 12.9. The fourth-order valence-corrected chi connectivity index (χ4v) is 5.79. The Bertz CT molecular complexity index is 781. The summed E-state index contributed by atoms with van der Waals surface area (Å²) < 4.78 is 27.0. The van der Waals surface area contributed by atoms with E-state index < -0.39 is 34.0 Å². The molecule has 1 fully saturated rings. The Labute approximate surface area is 198 Å². The summed E-state index contributed by atoms with van der Waals surface area (Å²) in [6, 6.07) is -0.708. The Morgan fingerprint density at radius 1 is 1.24 bits per heavy atom. The molecule has 0 spiro atoms. The SMILES string of the molecule is CCCCNS(=O)(=O)CC(O)C(O)C(CC1CCCCC1)NC(=O)CC(CC)c1cnc[nH]1. The molecule has 1 amide bonds. The van der Waals surface area contributed by atoms with Crippen LogP contribution in [0.1, 0.15) is 89.7 Å². The van der Waals surface area contributed by atoms with Crippen LogP contribution < -0.4 is 10.0 Å². The largest absolute Gasteiger partial charge is 0.389 e. The fraction of sp³-hybridized carbons (Fsp3) is 0.826. The van der Waals surface area contributed by atoms with Gasteiger partial charge in [-0.3, -0.25) is 4.79 Å². The lowest BCUT2D eigenvalue weighted by atomic mass is 9.83. The van der Waals surface area contributed by atoms with Crippen molar-refractivity contribution in [2.24, 2.45) is 5.92 Å². The average Bonchev–Trinajstić information content (AvgIpc) is 3.31. The molecule has 1 aromatic heterocycles. The van der Waals surface area contributed by atoms with Gasteiger partial charge in [0.25, 0.3) is 0 Å². The van der Waals surface area contributed by atoms with Gasteiger partial charge in [-0.2, -0.15) is 0 Å². The summed E-state index contributed by atoms with van der Waals surface area (Å²) in [5.41, 5.74) is 0.876. The second-order valence-corrected chi connectivity index (χ2v) is 11.2. The number of H-pyrrole nitrogens is 1. The van der Waals surface area contributed by atoms with Crippen molar-refractivity contribution in [3.8, 4) is 0 Å². The minimum absolute atomic E-state index is 0.0342. The van der Waals surface area contributed by atoms with E-state index in [4.69, 9.17) is 0 Å². The molecule has 0 bridgehead atoms. The van der Waals surface area contributed by atoms with Crippen molar-refractivity contribution in [2.45, 2.75) is 102 Å². The molecule has 1 saturated carbocycles. The minimum atomic E-state index is -3.73. The van der Waals surface area contributed by atoms with Gasteiger partial charge in [0, 0.05) is 30.8 Å². The maximum Gasteiger partial charge on any atom is 0.220 e. The summed E-state index contributed by atoms with van der Waals surface area (Å²) in [6.07, 6.45) is 8.88. The third-order valence-electron chi connectivity index (χ3n) is 6.59. The summed E-state index contributed by atoms with van der Waals surface area (Å²) in [6.45, 7) is 4.25. The monoisotopic (exact) mass is 486 g/mol. The van der Waals surface area contributed by atoms with Crippen molar-refractivity contribution in [3.63, 3.8) is 0 Å². The van der Waals surface area contributed by atoms with Crippen LogP contribution in [0.4, 0.5) is 0 Å². The first-order valence-electron chi connectivity index (χ1n) is 12.4. The van der Waals surface area contributed by atoms with Gasteiger partial charge in [0.05, 0.1) is 24.2 Å². The summed E-state index contributed by atoms with van der Waals surface area (Å²) >= 11 is 0. The Kier molecular flexibility index (Phi) is 11.8. The molecule has 4 unspecified atom stereocenters. The summed E-state index contributed by atoms with van der Waals surface area (Å²) in [7, 11) is -3.73.